The van der Waals surface area contributed by atoms with Crippen LogP contribution in [0.4, 0.5) is 0 Å². The van der Waals surface area contributed by atoms with E-state index in [1.807, 2.05) is 19.1 Å². The average Bonchev–Trinajstić information content (AvgIpc) is 2.47. The first-order chi connectivity index (χ1) is 10.8. The number of phenolic OH excluding ortho intramolecular Hbond substituents is 1. The van der Waals surface area contributed by atoms with E-state index in [1.165, 1.54) is 0 Å². The van der Waals surface area contributed by atoms with Crippen molar-refractivity contribution < 1.29 is 14.6 Å². The number of ether oxygens (including phenoxy) is 1. The number of esters is 1. The Kier molecular flexibility index (Phi) is 4.98. The Labute approximate surface area is 138 Å². The molecule has 3 nitrogen and oxygen atoms in total. The number of fused-ring (bicyclic) bond motifs is 1. The van der Waals surface area contributed by atoms with Crippen LogP contribution >= 0.6 is 0 Å². The molecule has 2 rings (SSSR count). The van der Waals surface area contributed by atoms with Gasteiger partial charge in [0.15, 0.2) is 0 Å². The number of hydrogen-bond acceptors (Lipinski definition) is 3. The summed E-state index contributed by atoms with van der Waals surface area (Å²) >= 11 is 0. The van der Waals surface area contributed by atoms with Gasteiger partial charge in [-0.25, -0.2) is 0 Å². The molecule has 0 heterocycles. The van der Waals surface area contributed by atoms with Crippen LogP contribution in [0, 0.1) is 17.3 Å². The van der Waals surface area contributed by atoms with Crippen LogP contribution in [-0.2, 0) is 4.79 Å². The second kappa shape index (κ2) is 6.61. The molecule has 1 atom stereocenters. The summed E-state index contributed by atoms with van der Waals surface area (Å²) < 4.78 is 5.76. The number of rotatable bonds is 5. The van der Waals surface area contributed by atoms with Crippen molar-refractivity contribution in [3.05, 3.63) is 36.4 Å². The Hall–Kier alpha value is -2.03. The van der Waals surface area contributed by atoms with Crippen molar-refractivity contribution >= 4 is 16.7 Å². The maximum atomic E-state index is 12.9. The standard InChI is InChI=1S/C20H26O3/c1-13(2)12-20(5,14(3)4)19(22)23-18-11-7-8-15-16(18)9-6-10-17(15)21/h6-11,13-14,21H,12H2,1-5H3. The van der Waals surface area contributed by atoms with E-state index < -0.39 is 5.41 Å². The molecule has 0 saturated carbocycles. The van der Waals surface area contributed by atoms with Gasteiger partial charge in [-0.2, -0.15) is 0 Å². The van der Waals surface area contributed by atoms with Crippen molar-refractivity contribution in [2.75, 3.05) is 0 Å². The molecule has 2 aromatic rings. The van der Waals surface area contributed by atoms with Crippen LogP contribution in [0.2, 0.25) is 0 Å². The SMILES string of the molecule is CC(C)CC(C)(C(=O)Oc1cccc2c(O)cccc12)C(C)C. The smallest absolute Gasteiger partial charge is 0.317 e. The van der Waals surface area contributed by atoms with Gasteiger partial charge in [0.1, 0.15) is 11.5 Å². The Morgan fingerprint density at radius 1 is 1.09 bits per heavy atom. The zero-order valence-electron chi connectivity index (χ0n) is 14.6. The lowest BCUT2D eigenvalue weighted by molar-refractivity contribution is -0.148. The third kappa shape index (κ3) is 3.49. The van der Waals surface area contributed by atoms with Gasteiger partial charge >= 0.3 is 5.97 Å². The van der Waals surface area contributed by atoms with Gasteiger partial charge in [0.05, 0.1) is 5.41 Å². The molecule has 2 aromatic carbocycles. The topological polar surface area (TPSA) is 46.5 Å². The third-order valence-electron chi connectivity index (χ3n) is 4.63. The molecule has 0 aliphatic heterocycles. The highest BCUT2D eigenvalue weighted by molar-refractivity contribution is 5.94. The number of benzene rings is 2. The van der Waals surface area contributed by atoms with E-state index in [0.29, 0.717) is 17.1 Å². The van der Waals surface area contributed by atoms with Crippen molar-refractivity contribution in [1.82, 2.24) is 0 Å². The van der Waals surface area contributed by atoms with Crippen LogP contribution in [0.25, 0.3) is 10.8 Å². The molecule has 124 valence electrons. The number of carbonyl (C=O) groups excluding carboxylic acids is 1. The minimum absolute atomic E-state index is 0.181. The minimum Gasteiger partial charge on any atom is -0.507 e. The van der Waals surface area contributed by atoms with Crippen LogP contribution < -0.4 is 4.74 Å². The van der Waals surface area contributed by atoms with Crippen LogP contribution in [0.3, 0.4) is 0 Å². The van der Waals surface area contributed by atoms with Crippen LogP contribution in [0.1, 0.15) is 41.0 Å². The predicted octanol–water partition coefficient (Wildman–Crippen LogP) is 5.16. The maximum absolute atomic E-state index is 12.9. The van der Waals surface area contributed by atoms with Gasteiger partial charge < -0.3 is 9.84 Å². The lowest BCUT2D eigenvalue weighted by Gasteiger charge is -2.32. The van der Waals surface area contributed by atoms with E-state index >= 15 is 0 Å². The average molecular weight is 314 g/mol. The number of aromatic hydroxyl groups is 1. The summed E-state index contributed by atoms with van der Waals surface area (Å²) in [7, 11) is 0. The van der Waals surface area contributed by atoms with Crippen LogP contribution in [0.5, 0.6) is 11.5 Å². The summed E-state index contributed by atoms with van der Waals surface area (Å²) in [4.78, 5) is 12.9. The molecule has 0 aliphatic rings. The van der Waals surface area contributed by atoms with E-state index in [2.05, 4.69) is 27.7 Å². The normalized spacial score (nSPS) is 14.2. The molecule has 0 aromatic heterocycles. The second-order valence-electron chi connectivity index (χ2n) is 7.19. The zero-order valence-corrected chi connectivity index (χ0v) is 14.6. The molecular weight excluding hydrogens is 288 g/mol. The van der Waals surface area contributed by atoms with E-state index in [4.69, 9.17) is 4.74 Å². The van der Waals surface area contributed by atoms with Gasteiger partial charge in [-0.3, -0.25) is 4.79 Å². The fraction of sp³-hybridized carbons (Fsp3) is 0.450. The van der Waals surface area contributed by atoms with E-state index in [9.17, 15) is 9.90 Å². The molecule has 3 heteroatoms. The van der Waals surface area contributed by atoms with Crippen molar-refractivity contribution in [2.24, 2.45) is 17.3 Å². The lowest BCUT2D eigenvalue weighted by Crippen LogP contribution is -2.38. The van der Waals surface area contributed by atoms with Crippen molar-refractivity contribution in [2.45, 2.75) is 41.0 Å². The summed E-state index contributed by atoms with van der Waals surface area (Å²) in [6.45, 7) is 10.3. The van der Waals surface area contributed by atoms with Gasteiger partial charge in [0, 0.05) is 10.8 Å². The highest BCUT2D eigenvalue weighted by Crippen LogP contribution is 2.38. The largest absolute Gasteiger partial charge is 0.507 e. The molecule has 0 amide bonds. The summed E-state index contributed by atoms with van der Waals surface area (Å²) in [5.74, 6) is 1.07. The Morgan fingerprint density at radius 2 is 1.70 bits per heavy atom. The summed E-state index contributed by atoms with van der Waals surface area (Å²) in [5.41, 5.74) is -0.535. The highest BCUT2D eigenvalue weighted by Gasteiger charge is 2.39. The Balaban J connectivity index is 2.38. The molecule has 23 heavy (non-hydrogen) atoms. The minimum atomic E-state index is -0.535. The third-order valence-corrected chi connectivity index (χ3v) is 4.63. The van der Waals surface area contributed by atoms with Gasteiger partial charge in [0.25, 0.3) is 0 Å². The second-order valence-corrected chi connectivity index (χ2v) is 7.19. The molecule has 0 aliphatic carbocycles. The van der Waals surface area contributed by atoms with Gasteiger partial charge in [-0.1, -0.05) is 52.0 Å². The Morgan fingerprint density at radius 3 is 2.30 bits per heavy atom. The molecule has 1 N–H and O–H groups in total. The van der Waals surface area contributed by atoms with Crippen molar-refractivity contribution in [3.8, 4) is 11.5 Å². The van der Waals surface area contributed by atoms with E-state index in [0.717, 1.165) is 11.8 Å². The number of phenols is 1. The molecule has 0 saturated heterocycles. The van der Waals surface area contributed by atoms with E-state index in [-0.39, 0.29) is 17.6 Å². The quantitative estimate of drug-likeness (QED) is 0.612. The molecule has 0 fully saturated rings. The monoisotopic (exact) mass is 314 g/mol. The molecule has 0 spiro atoms. The fourth-order valence-corrected chi connectivity index (χ4v) is 2.97. The molecule has 0 bridgehead atoms. The summed E-state index contributed by atoms with van der Waals surface area (Å²) in [5, 5.41) is 11.4. The van der Waals surface area contributed by atoms with Gasteiger partial charge in [-0.05, 0) is 37.3 Å². The lowest BCUT2D eigenvalue weighted by atomic mass is 9.73. The van der Waals surface area contributed by atoms with Gasteiger partial charge in [-0.15, -0.1) is 0 Å². The van der Waals surface area contributed by atoms with Crippen LogP contribution in [-0.4, -0.2) is 11.1 Å². The fourth-order valence-electron chi connectivity index (χ4n) is 2.97. The number of hydrogen-bond donors (Lipinski definition) is 1. The number of carbonyl (C=O) groups is 1. The molecule has 0 radical (unpaired) electrons. The van der Waals surface area contributed by atoms with E-state index in [1.54, 1.807) is 24.3 Å². The van der Waals surface area contributed by atoms with Crippen molar-refractivity contribution in [3.63, 3.8) is 0 Å². The summed E-state index contributed by atoms with van der Waals surface area (Å²) in [6, 6.07) is 10.6. The van der Waals surface area contributed by atoms with Crippen molar-refractivity contribution in [1.29, 1.82) is 0 Å². The molecular formula is C20H26O3. The van der Waals surface area contributed by atoms with Crippen LogP contribution in [0.15, 0.2) is 36.4 Å². The highest BCUT2D eigenvalue weighted by atomic mass is 16.5. The maximum Gasteiger partial charge on any atom is 0.317 e. The predicted molar refractivity (Wildman–Crippen MR) is 93.6 cm³/mol. The molecule has 1 unspecified atom stereocenters. The zero-order chi connectivity index (χ0) is 17.2. The summed E-state index contributed by atoms with van der Waals surface area (Å²) in [6.07, 6.45) is 0.777. The van der Waals surface area contributed by atoms with Gasteiger partial charge in [0.2, 0.25) is 0 Å². The first-order valence-electron chi connectivity index (χ1n) is 8.18. The first kappa shape index (κ1) is 17.3. The Bertz CT molecular complexity index is 703. The first-order valence-corrected chi connectivity index (χ1v) is 8.18.